The van der Waals surface area contributed by atoms with Crippen LogP contribution in [0.5, 0.6) is 11.5 Å². The van der Waals surface area contributed by atoms with Crippen molar-refractivity contribution in [2.24, 2.45) is 5.73 Å². The number of rotatable bonds is 3. The summed E-state index contributed by atoms with van der Waals surface area (Å²) < 4.78 is 6.68. The lowest BCUT2D eigenvalue weighted by molar-refractivity contribution is 0.473. The highest BCUT2D eigenvalue weighted by Crippen LogP contribution is 2.26. The first kappa shape index (κ1) is 11.1. The van der Waals surface area contributed by atoms with E-state index < -0.39 is 0 Å². The van der Waals surface area contributed by atoms with Crippen molar-refractivity contribution in [3.63, 3.8) is 0 Å². The molecule has 0 spiro atoms. The molecular formula is C12H11BrN2O. The molecule has 1 heterocycles. The maximum atomic E-state index is 5.71. The first-order valence-corrected chi connectivity index (χ1v) is 5.65. The minimum Gasteiger partial charge on any atom is -0.455 e. The summed E-state index contributed by atoms with van der Waals surface area (Å²) in [6.07, 6.45) is 3.37. The van der Waals surface area contributed by atoms with Gasteiger partial charge in [0.2, 0.25) is 0 Å². The van der Waals surface area contributed by atoms with Crippen LogP contribution in [0.1, 0.15) is 5.56 Å². The largest absolute Gasteiger partial charge is 0.455 e. The van der Waals surface area contributed by atoms with E-state index in [2.05, 4.69) is 20.9 Å². The Kier molecular flexibility index (Phi) is 3.54. The van der Waals surface area contributed by atoms with Gasteiger partial charge in [-0.05, 0) is 24.3 Å². The van der Waals surface area contributed by atoms with Gasteiger partial charge in [0.25, 0.3) is 0 Å². The van der Waals surface area contributed by atoms with E-state index in [1.165, 1.54) is 0 Å². The number of ether oxygens (including phenoxy) is 1. The third-order valence-electron chi connectivity index (χ3n) is 2.11. The van der Waals surface area contributed by atoms with E-state index in [-0.39, 0.29) is 0 Å². The van der Waals surface area contributed by atoms with E-state index in [0.29, 0.717) is 12.3 Å². The Morgan fingerprint density at radius 2 is 2.19 bits per heavy atom. The molecular weight excluding hydrogens is 268 g/mol. The molecule has 0 fully saturated rings. The van der Waals surface area contributed by atoms with Crippen molar-refractivity contribution in [3.05, 3.63) is 52.8 Å². The second kappa shape index (κ2) is 5.09. The van der Waals surface area contributed by atoms with Gasteiger partial charge in [-0.1, -0.05) is 22.0 Å². The van der Waals surface area contributed by atoms with E-state index in [0.717, 1.165) is 15.8 Å². The average molecular weight is 279 g/mol. The quantitative estimate of drug-likeness (QED) is 0.939. The lowest BCUT2D eigenvalue weighted by Crippen LogP contribution is -1.99. The third kappa shape index (κ3) is 2.59. The standard InChI is InChI=1S/C12H11BrN2O/c13-10-2-1-3-11(6-10)16-12-8-15-5-4-9(12)7-14/h1-6,8H,7,14H2. The van der Waals surface area contributed by atoms with Crippen molar-refractivity contribution in [3.8, 4) is 11.5 Å². The maximum absolute atomic E-state index is 5.71. The summed E-state index contributed by atoms with van der Waals surface area (Å²) in [4.78, 5) is 4.02. The van der Waals surface area contributed by atoms with Crippen LogP contribution in [0.2, 0.25) is 0 Å². The molecule has 82 valence electrons. The van der Waals surface area contributed by atoms with Crippen LogP contribution in [0.4, 0.5) is 0 Å². The van der Waals surface area contributed by atoms with Crippen LogP contribution in [-0.4, -0.2) is 4.98 Å². The number of nitrogens with zero attached hydrogens (tertiary/aromatic N) is 1. The molecule has 1 aromatic carbocycles. The Hall–Kier alpha value is -1.39. The SMILES string of the molecule is NCc1ccncc1Oc1cccc(Br)c1. The molecule has 0 radical (unpaired) electrons. The number of nitrogens with two attached hydrogens (primary N) is 1. The molecule has 3 nitrogen and oxygen atoms in total. The average Bonchev–Trinajstić information content (AvgIpc) is 2.30. The number of benzene rings is 1. The third-order valence-corrected chi connectivity index (χ3v) is 2.61. The molecule has 2 aromatic rings. The Balaban J connectivity index is 2.26. The minimum absolute atomic E-state index is 0.436. The Labute approximate surface area is 102 Å². The van der Waals surface area contributed by atoms with Crippen molar-refractivity contribution in [2.75, 3.05) is 0 Å². The molecule has 0 aliphatic rings. The molecule has 0 unspecified atom stereocenters. The van der Waals surface area contributed by atoms with Gasteiger partial charge in [0.05, 0.1) is 6.20 Å². The molecule has 0 saturated heterocycles. The van der Waals surface area contributed by atoms with Crippen molar-refractivity contribution in [1.82, 2.24) is 4.98 Å². The summed E-state index contributed by atoms with van der Waals surface area (Å²) in [6.45, 7) is 0.436. The predicted molar refractivity (Wildman–Crippen MR) is 66.3 cm³/mol. The van der Waals surface area contributed by atoms with Gasteiger partial charge in [-0.25, -0.2) is 0 Å². The van der Waals surface area contributed by atoms with Crippen molar-refractivity contribution < 1.29 is 4.74 Å². The van der Waals surface area contributed by atoms with E-state index in [1.54, 1.807) is 12.4 Å². The molecule has 0 aliphatic heterocycles. The molecule has 0 atom stereocenters. The highest BCUT2D eigenvalue weighted by Gasteiger charge is 2.03. The highest BCUT2D eigenvalue weighted by atomic mass is 79.9. The van der Waals surface area contributed by atoms with E-state index in [1.807, 2.05) is 30.3 Å². The fourth-order valence-electron chi connectivity index (χ4n) is 1.33. The van der Waals surface area contributed by atoms with Crippen LogP contribution < -0.4 is 10.5 Å². The minimum atomic E-state index is 0.436. The Bertz CT molecular complexity index is 488. The number of hydrogen-bond donors (Lipinski definition) is 1. The molecule has 1 aromatic heterocycles. The summed E-state index contributed by atoms with van der Waals surface area (Å²) in [7, 11) is 0. The number of pyridine rings is 1. The number of hydrogen-bond acceptors (Lipinski definition) is 3. The van der Waals surface area contributed by atoms with Gasteiger partial charge in [-0.15, -0.1) is 0 Å². The summed E-state index contributed by atoms with van der Waals surface area (Å²) in [5.74, 6) is 1.46. The highest BCUT2D eigenvalue weighted by molar-refractivity contribution is 9.10. The lowest BCUT2D eigenvalue weighted by atomic mass is 10.2. The number of aromatic nitrogens is 1. The van der Waals surface area contributed by atoms with Crippen LogP contribution in [0, 0.1) is 0 Å². The summed E-state index contributed by atoms with van der Waals surface area (Å²) >= 11 is 3.39. The van der Waals surface area contributed by atoms with Crippen molar-refractivity contribution >= 4 is 15.9 Å². The molecule has 0 aliphatic carbocycles. The summed E-state index contributed by atoms with van der Waals surface area (Å²) in [5, 5.41) is 0. The zero-order chi connectivity index (χ0) is 11.4. The van der Waals surface area contributed by atoms with Crippen LogP contribution in [-0.2, 0) is 6.54 Å². The first-order valence-electron chi connectivity index (χ1n) is 4.86. The van der Waals surface area contributed by atoms with Crippen LogP contribution >= 0.6 is 15.9 Å². The molecule has 0 bridgehead atoms. The van der Waals surface area contributed by atoms with E-state index >= 15 is 0 Å². The van der Waals surface area contributed by atoms with Gasteiger partial charge < -0.3 is 10.5 Å². The smallest absolute Gasteiger partial charge is 0.150 e. The topological polar surface area (TPSA) is 48.1 Å². The fraction of sp³-hybridized carbons (Fsp3) is 0.0833. The molecule has 2 rings (SSSR count). The molecule has 16 heavy (non-hydrogen) atoms. The number of halogens is 1. The maximum Gasteiger partial charge on any atom is 0.150 e. The van der Waals surface area contributed by atoms with Crippen molar-refractivity contribution in [1.29, 1.82) is 0 Å². The Morgan fingerprint density at radius 1 is 1.31 bits per heavy atom. The predicted octanol–water partition coefficient (Wildman–Crippen LogP) is 3.10. The lowest BCUT2D eigenvalue weighted by Gasteiger charge is -2.09. The van der Waals surface area contributed by atoms with Crippen LogP contribution in [0.15, 0.2) is 47.2 Å². The van der Waals surface area contributed by atoms with Gasteiger partial charge in [0, 0.05) is 22.8 Å². The normalized spacial score (nSPS) is 10.1. The van der Waals surface area contributed by atoms with E-state index in [4.69, 9.17) is 10.5 Å². The Morgan fingerprint density at radius 3 is 2.94 bits per heavy atom. The summed E-state index contributed by atoms with van der Waals surface area (Å²) in [6, 6.07) is 9.50. The fourth-order valence-corrected chi connectivity index (χ4v) is 1.71. The zero-order valence-electron chi connectivity index (χ0n) is 8.56. The van der Waals surface area contributed by atoms with Gasteiger partial charge >= 0.3 is 0 Å². The molecule has 0 amide bonds. The molecule has 2 N–H and O–H groups in total. The second-order valence-electron chi connectivity index (χ2n) is 3.25. The molecule has 0 saturated carbocycles. The van der Waals surface area contributed by atoms with E-state index in [9.17, 15) is 0 Å². The van der Waals surface area contributed by atoms with Gasteiger partial charge in [0.1, 0.15) is 11.5 Å². The summed E-state index contributed by atoms with van der Waals surface area (Å²) in [5.41, 5.74) is 6.56. The second-order valence-corrected chi connectivity index (χ2v) is 4.16. The zero-order valence-corrected chi connectivity index (χ0v) is 10.1. The van der Waals surface area contributed by atoms with Gasteiger partial charge in [-0.2, -0.15) is 0 Å². The first-order chi connectivity index (χ1) is 7.79. The van der Waals surface area contributed by atoms with Crippen molar-refractivity contribution in [2.45, 2.75) is 6.54 Å². The van der Waals surface area contributed by atoms with Crippen LogP contribution in [0.25, 0.3) is 0 Å². The van der Waals surface area contributed by atoms with Gasteiger partial charge in [-0.3, -0.25) is 4.98 Å². The monoisotopic (exact) mass is 278 g/mol. The van der Waals surface area contributed by atoms with Gasteiger partial charge in [0.15, 0.2) is 0 Å². The molecule has 4 heteroatoms. The van der Waals surface area contributed by atoms with Crippen LogP contribution in [0.3, 0.4) is 0 Å².